The number of carboxylic acids is 10. The second kappa shape index (κ2) is 47.8. The van der Waals surface area contributed by atoms with Crippen LogP contribution in [-0.2, 0) is 91.6 Å². The highest BCUT2D eigenvalue weighted by molar-refractivity contribution is 5.78. The van der Waals surface area contributed by atoms with Gasteiger partial charge in [-0.1, -0.05) is 129 Å². The first-order chi connectivity index (χ1) is 51.9. The topological polar surface area (TPSA) is 503 Å². The van der Waals surface area contributed by atoms with Crippen LogP contribution in [0.4, 0.5) is 0 Å². The zero-order valence-electron chi connectivity index (χ0n) is 61.0. The summed E-state index contributed by atoms with van der Waals surface area (Å²) >= 11 is 0. The van der Waals surface area contributed by atoms with Crippen molar-refractivity contribution in [1.82, 2.24) is 53.2 Å². The number of ether oxygens (including phenoxy) is 1. The van der Waals surface area contributed by atoms with Crippen molar-refractivity contribution in [2.45, 2.75) is 208 Å². The number of fused-ring (bicyclic) bond motifs is 4. The van der Waals surface area contributed by atoms with E-state index >= 15 is 0 Å². The number of nitrogens with one attached hydrogen (secondary N) is 10. The molecule has 15 rings (SSSR count). The summed E-state index contributed by atoms with van der Waals surface area (Å²) in [6, 6.07) is 30.0. The molecule has 108 heavy (non-hydrogen) atoms. The lowest BCUT2D eigenvalue weighted by atomic mass is 9.78. The largest absolute Gasteiger partial charge is 0.480 e. The normalized spacial score (nSPS) is 26.4. The van der Waals surface area contributed by atoms with Crippen molar-refractivity contribution in [2.24, 2.45) is 11.8 Å². The molecule has 4 aromatic rings. The molecule has 1 aliphatic carbocycles. The highest BCUT2D eigenvalue weighted by Crippen LogP contribution is 2.36. The fraction of sp³-hybridized carbons (Fsp3) is 0.558. The Bertz CT molecular complexity index is 3350. The minimum absolute atomic E-state index is 0.00121. The van der Waals surface area contributed by atoms with E-state index in [4.69, 9.17) is 55.8 Å². The number of carboxylic acid groups (broad SMARTS) is 10. The first-order valence-electron chi connectivity index (χ1n) is 37.4. The molecule has 8 fully saturated rings. The molecule has 7 saturated heterocycles. The van der Waals surface area contributed by atoms with E-state index in [0.717, 1.165) is 157 Å². The van der Waals surface area contributed by atoms with Gasteiger partial charge in [0.15, 0.2) is 0 Å². The van der Waals surface area contributed by atoms with E-state index < -0.39 is 83.9 Å². The Morgan fingerprint density at radius 1 is 0.324 bits per heavy atom. The van der Waals surface area contributed by atoms with Crippen LogP contribution < -0.4 is 53.2 Å². The lowest BCUT2D eigenvalue weighted by Gasteiger charge is -2.26. The van der Waals surface area contributed by atoms with Crippen LogP contribution in [0.15, 0.2) is 103 Å². The van der Waals surface area contributed by atoms with Crippen LogP contribution in [0.2, 0.25) is 0 Å². The van der Waals surface area contributed by atoms with Crippen molar-refractivity contribution in [3.63, 3.8) is 0 Å². The lowest BCUT2D eigenvalue weighted by molar-refractivity contribution is -0.142. The molecule has 1 saturated carbocycles. The fourth-order valence-electron chi connectivity index (χ4n) is 13.8. The molecule has 0 radical (unpaired) electrons. The molecule has 594 valence electrons. The standard InChI is InChI=1S/C12H15NO3.3C10H11NO2.C9H15NO2.2C6H11NO2.2C5H9NO2.C4H7NO2/c14-12(15)11-6-10(7-13-11)16-8-9-4-2-1-3-5-9;2*12-10(13)9-5-7-3-1-2-4-8(7)6-11-9;12-10(13)9-8-4-2-1-3-7(8)5-6-11-9;11-9(12)8-7-4-2-1-3-6(7)5-10-8;2*8-6(9)5-3-1-2-4-7-5;2*7-5(8)4-2-1-3-6-4;6-4(7)3-1-2-5-3/h1-5,10-11,13H,6-8H2,(H,14,15);3*1-4,9,11H,5-6H2,(H,12,13);6-8,10H,1-5H2,(H,11,12);2*5,7H,1-4H2,(H,8,9);2*4,6H,1-3H2,(H,7,8);3,5H,1-2H2,(H,6,7)/t10?,11-;3*9-;6?,7?,8-;5-;;2*4-;3-/m010000.100/s1. The van der Waals surface area contributed by atoms with E-state index in [2.05, 4.69) is 53.2 Å². The van der Waals surface area contributed by atoms with Crippen molar-refractivity contribution in [3.8, 4) is 0 Å². The average Bonchev–Trinajstić information content (AvgIpc) is 1.58. The summed E-state index contributed by atoms with van der Waals surface area (Å²) in [5.41, 5.74) is 7.87. The molecular weight excluding hydrogens is 1400 g/mol. The van der Waals surface area contributed by atoms with E-state index in [9.17, 15) is 47.9 Å². The van der Waals surface area contributed by atoms with Gasteiger partial charge >= 0.3 is 59.7 Å². The molecule has 0 bridgehead atoms. The third-order valence-corrected chi connectivity index (χ3v) is 20.1. The Labute approximate surface area is 628 Å². The molecule has 10 heterocycles. The Hall–Kier alpha value is -8.86. The molecule has 31 nitrogen and oxygen atoms in total. The molecule has 0 aromatic heterocycles. The van der Waals surface area contributed by atoms with Crippen molar-refractivity contribution in [1.29, 1.82) is 0 Å². The maximum Gasteiger partial charge on any atom is 0.325 e. The van der Waals surface area contributed by atoms with Gasteiger partial charge in [-0.25, -0.2) is 0 Å². The van der Waals surface area contributed by atoms with E-state index in [1.807, 2.05) is 103 Å². The smallest absolute Gasteiger partial charge is 0.325 e. The Morgan fingerprint density at radius 2 is 0.722 bits per heavy atom. The Morgan fingerprint density at radius 3 is 1.11 bits per heavy atom. The van der Waals surface area contributed by atoms with Gasteiger partial charge in [0.1, 0.15) is 60.4 Å². The molecule has 4 aromatic carbocycles. The summed E-state index contributed by atoms with van der Waals surface area (Å²) in [6.07, 6.45) is 17.7. The SMILES string of the molecule is O=C(O)C1CCCCN1.O=C(O)[C@@H]1CC(OCc2ccccc2)CN1.O=C(O)[C@@H]1CCCCN1.O=C(O)[C@@H]1CCCN1.O=C(O)[C@@H]1CCN1.O=C(O)[C@@H]1Cc2ccccc2CN1.O=C(O)[C@H]1CCCN1.O=C(O)[C@H]1Cc2ccccc2CN1.O=C(O)[C@H]1NCC2CCCCC21.O=C(O)[C@H]1NCCc2ccccc21. The highest BCUT2D eigenvalue weighted by atomic mass is 16.5. The number of carbonyl (C=O) groups is 10. The first-order valence-corrected chi connectivity index (χ1v) is 37.4. The molecule has 10 aliphatic heterocycles. The van der Waals surface area contributed by atoms with E-state index in [1.165, 1.54) is 30.4 Å². The summed E-state index contributed by atoms with van der Waals surface area (Å²) < 4.78 is 5.64. The molecule has 20 N–H and O–H groups in total. The summed E-state index contributed by atoms with van der Waals surface area (Å²) in [5, 5.41) is 115. The molecular formula is C77H110N10O21. The lowest BCUT2D eigenvalue weighted by Crippen LogP contribution is -2.48. The average molecular weight is 1510 g/mol. The predicted molar refractivity (Wildman–Crippen MR) is 397 cm³/mol. The summed E-state index contributed by atoms with van der Waals surface area (Å²) in [6.45, 7) is 8.43. The summed E-state index contributed by atoms with van der Waals surface area (Å²) in [4.78, 5) is 105. The van der Waals surface area contributed by atoms with Crippen LogP contribution in [0.1, 0.15) is 148 Å². The quantitative estimate of drug-likeness (QED) is 0.0902. The van der Waals surface area contributed by atoms with E-state index in [1.54, 1.807) is 0 Å². The van der Waals surface area contributed by atoms with Gasteiger partial charge in [-0.05, 0) is 180 Å². The zero-order valence-corrected chi connectivity index (χ0v) is 61.0. The predicted octanol–water partition coefficient (Wildman–Crippen LogP) is 3.90. The van der Waals surface area contributed by atoms with Crippen LogP contribution in [0, 0.1) is 11.8 Å². The molecule has 11 aliphatic rings. The monoisotopic (exact) mass is 1510 g/mol. The summed E-state index contributed by atoms with van der Waals surface area (Å²) in [5.74, 6) is -6.34. The van der Waals surface area contributed by atoms with Crippen molar-refractivity contribution >= 4 is 59.7 Å². The molecule has 0 amide bonds. The van der Waals surface area contributed by atoms with Crippen molar-refractivity contribution in [2.75, 3.05) is 52.4 Å². The number of rotatable bonds is 13. The molecule has 13 atom stereocenters. The molecule has 4 unspecified atom stereocenters. The number of aliphatic carboxylic acids is 10. The van der Waals surface area contributed by atoms with Gasteiger partial charge < -0.3 is 109 Å². The zero-order chi connectivity index (χ0) is 78.3. The number of piperidine rings is 2. The van der Waals surface area contributed by atoms with Crippen LogP contribution >= 0.6 is 0 Å². The minimum Gasteiger partial charge on any atom is -0.480 e. The van der Waals surface area contributed by atoms with Gasteiger partial charge in [0, 0.05) is 32.6 Å². The van der Waals surface area contributed by atoms with E-state index in [-0.39, 0.29) is 42.4 Å². The third kappa shape index (κ3) is 31.0. The minimum atomic E-state index is -0.800. The van der Waals surface area contributed by atoms with E-state index in [0.29, 0.717) is 57.3 Å². The van der Waals surface area contributed by atoms with Crippen molar-refractivity contribution < 1.29 is 104 Å². The Kier molecular flexibility index (Phi) is 39.0. The number of hydrogen-bond donors (Lipinski definition) is 20. The first kappa shape index (κ1) is 88.0. The third-order valence-electron chi connectivity index (χ3n) is 20.1. The maximum absolute atomic E-state index is 10.9. The van der Waals surface area contributed by atoms with Crippen LogP contribution in [0.25, 0.3) is 0 Å². The van der Waals surface area contributed by atoms with Crippen molar-refractivity contribution in [3.05, 3.63) is 142 Å². The van der Waals surface area contributed by atoms with Crippen LogP contribution in [0.3, 0.4) is 0 Å². The Balaban J connectivity index is 0.000000189. The molecule has 31 heteroatoms. The van der Waals surface area contributed by atoms with Gasteiger partial charge in [0.2, 0.25) is 0 Å². The van der Waals surface area contributed by atoms with Gasteiger partial charge in [0.25, 0.3) is 0 Å². The van der Waals surface area contributed by atoms with Gasteiger partial charge in [-0.2, -0.15) is 0 Å². The second-order valence-electron chi connectivity index (χ2n) is 27.8. The van der Waals surface area contributed by atoms with Gasteiger partial charge in [-0.3, -0.25) is 47.9 Å². The second-order valence-corrected chi connectivity index (χ2v) is 27.8. The fourth-order valence-corrected chi connectivity index (χ4v) is 13.8. The van der Waals surface area contributed by atoms with Crippen LogP contribution in [0.5, 0.6) is 0 Å². The van der Waals surface area contributed by atoms with Gasteiger partial charge in [0.05, 0.1) is 12.7 Å². The maximum atomic E-state index is 10.9. The highest BCUT2D eigenvalue weighted by Gasteiger charge is 2.41. The van der Waals surface area contributed by atoms with Crippen LogP contribution in [-0.4, -0.2) is 224 Å². The number of hydrogen-bond acceptors (Lipinski definition) is 21. The molecule has 0 spiro atoms. The summed E-state index contributed by atoms with van der Waals surface area (Å²) in [7, 11) is 0. The number of benzene rings is 4. The van der Waals surface area contributed by atoms with Gasteiger partial charge in [-0.15, -0.1) is 0 Å².